The topological polar surface area (TPSA) is 21.3 Å². The first-order valence-corrected chi connectivity index (χ1v) is 8.21. The molecule has 1 rings (SSSR count). The summed E-state index contributed by atoms with van der Waals surface area (Å²) in [7, 11) is 0. The van der Waals surface area contributed by atoms with Crippen LogP contribution in [-0.4, -0.2) is 12.6 Å². The van der Waals surface area contributed by atoms with E-state index in [1.807, 2.05) is 0 Å². The number of rotatable bonds is 11. The molecule has 0 spiro atoms. The fourth-order valence-electron chi connectivity index (χ4n) is 2.04. The lowest BCUT2D eigenvalue weighted by Crippen LogP contribution is -2.24. The minimum Gasteiger partial charge on any atom is -0.494 e. The Bertz CT molecular complexity index is 334. The van der Waals surface area contributed by atoms with Crippen LogP contribution in [0.15, 0.2) is 24.3 Å². The van der Waals surface area contributed by atoms with Crippen LogP contribution in [0, 0.1) is 0 Å². The molecule has 0 aliphatic carbocycles. The zero-order valence-electron chi connectivity index (χ0n) is 13.5. The summed E-state index contributed by atoms with van der Waals surface area (Å²) in [6.45, 7) is 8.44. The van der Waals surface area contributed by atoms with E-state index < -0.39 is 0 Å². The number of unbranched alkanes of at least 4 members (excludes halogenated alkanes) is 4. The summed E-state index contributed by atoms with van der Waals surface area (Å²) in [5.74, 6) is 0.993. The third-order valence-corrected chi connectivity index (χ3v) is 3.71. The van der Waals surface area contributed by atoms with Gasteiger partial charge in [-0.3, -0.25) is 0 Å². The van der Waals surface area contributed by atoms with Crippen molar-refractivity contribution in [3.63, 3.8) is 0 Å². The van der Waals surface area contributed by atoms with Gasteiger partial charge in [0.15, 0.2) is 0 Å². The summed E-state index contributed by atoms with van der Waals surface area (Å²) in [4.78, 5) is 0. The lowest BCUT2D eigenvalue weighted by Gasteiger charge is -2.11. The lowest BCUT2D eigenvalue weighted by molar-refractivity contribution is 0.304. The average molecular weight is 277 g/mol. The summed E-state index contributed by atoms with van der Waals surface area (Å²) >= 11 is 0. The average Bonchev–Trinajstić information content (AvgIpc) is 2.49. The molecule has 2 heteroatoms. The van der Waals surface area contributed by atoms with Crippen molar-refractivity contribution in [1.29, 1.82) is 0 Å². The Balaban J connectivity index is 2.18. The number of benzene rings is 1. The van der Waals surface area contributed by atoms with Gasteiger partial charge in [0.1, 0.15) is 5.75 Å². The molecule has 0 aliphatic heterocycles. The molecular weight excluding hydrogens is 246 g/mol. The van der Waals surface area contributed by atoms with E-state index in [4.69, 9.17) is 4.74 Å². The smallest absolute Gasteiger partial charge is 0.119 e. The van der Waals surface area contributed by atoms with Crippen molar-refractivity contribution >= 4 is 0 Å². The number of hydrogen-bond donors (Lipinski definition) is 1. The second-order valence-electron chi connectivity index (χ2n) is 5.60. The predicted octanol–water partition coefficient (Wildman–Crippen LogP) is 4.92. The van der Waals surface area contributed by atoms with Gasteiger partial charge in [-0.1, -0.05) is 51.7 Å². The van der Waals surface area contributed by atoms with E-state index in [1.54, 1.807) is 0 Å². The van der Waals surface area contributed by atoms with Crippen molar-refractivity contribution in [2.45, 2.75) is 71.9 Å². The lowest BCUT2D eigenvalue weighted by atomic mass is 10.1. The van der Waals surface area contributed by atoms with Gasteiger partial charge in [-0.25, -0.2) is 0 Å². The molecule has 0 fully saturated rings. The largest absolute Gasteiger partial charge is 0.494 e. The van der Waals surface area contributed by atoms with Crippen molar-refractivity contribution in [1.82, 2.24) is 5.32 Å². The van der Waals surface area contributed by atoms with Crippen LogP contribution < -0.4 is 10.1 Å². The van der Waals surface area contributed by atoms with Gasteiger partial charge in [0.25, 0.3) is 0 Å². The van der Waals surface area contributed by atoms with Crippen molar-refractivity contribution in [3.05, 3.63) is 29.8 Å². The Morgan fingerprint density at radius 3 is 2.35 bits per heavy atom. The second-order valence-corrected chi connectivity index (χ2v) is 5.60. The molecule has 114 valence electrons. The monoisotopic (exact) mass is 277 g/mol. The van der Waals surface area contributed by atoms with Gasteiger partial charge >= 0.3 is 0 Å². The van der Waals surface area contributed by atoms with Crippen LogP contribution in [0.1, 0.15) is 64.9 Å². The van der Waals surface area contributed by atoms with Crippen molar-refractivity contribution in [3.8, 4) is 5.75 Å². The molecule has 0 aliphatic rings. The SMILES string of the molecule is CCCCCCCOc1ccc(CNC(C)CC)cc1. The molecule has 0 amide bonds. The first-order chi connectivity index (χ1) is 9.76. The Labute approximate surface area is 124 Å². The molecule has 2 nitrogen and oxygen atoms in total. The van der Waals surface area contributed by atoms with E-state index in [0.717, 1.165) is 25.3 Å². The highest BCUT2D eigenvalue weighted by Crippen LogP contribution is 2.13. The fraction of sp³-hybridized carbons (Fsp3) is 0.667. The van der Waals surface area contributed by atoms with Gasteiger partial charge in [-0.2, -0.15) is 0 Å². The van der Waals surface area contributed by atoms with E-state index in [1.165, 1.54) is 37.7 Å². The number of nitrogens with one attached hydrogen (secondary N) is 1. The molecular formula is C18H31NO. The van der Waals surface area contributed by atoms with Crippen LogP contribution in [0.3, 0.4) is 0 Å². The highest BCUT2D eigenvalue weighted by Gasteiger charge is 1.99. The van der Waals surface area contributed by atoms with Gasteiger partial charge in [-0.15, -0.1) is 0 Å². The van der Waals surface area contributed by atoms with E-state index in [0.29, 0.717) is 6.04 Å². The van der Waals surface area contributed by atoms with Gasteiger partial charge in [0, 0.05) is 12.6 Å². The Hall–Kier alpha value is -1.02. The van der Waals surface area contributed by atoms with Crippen LogP contribution >= 0.6 is 0 Å². The molecule has 1 aromatic carbocycles. The first kappa shape index (κ1) is 17.0. The minimum absolute atomic E-state index is 0.578. The normalized spacial score (nSPS) is 12.3. The van der Waals surface area contributed by atoms with Gasteiger partial charge < -0.3 is 10.1 Å². The summed E-state index contributed by atoms with van der Waals surface area (Å²) in [5.41, 5.74) is 1.32. The fourth-order valence-corrected chi connectivity index (χ4v) is 2.04. The molecule has 0 saturated carbocycles. The predicted molar refractivity (Wildman–Crippen MR) is 87.3 cm³/mol. The van der Waals surface area contributed by atoms with E-state index in [-0.39, 0.29) is 0 Å². The third kappa shape index (κ3) is 7.54. The molecule has 20 heavy (non-hydrogen) atoms. The molecule has 0 aromatic heterocycles. The van der Waals surface area contributed by atoms with Crippen LogP contribution in [0.2, 0.25) is 0 Å². The van der Waals surface area contributed by atoms with Crippen molar-refractivity contribution in [2.75, 3.05) is 6.61 Å². The highest BCUT2D eigenvalue weighted by atomic mass is 16.5. The van der Waals surface area contributed by atoms with Gasteiger partial charge in [-0.05, 0) is 37.5 Å². The van der Waals surface area contributed by atoms with Gasteiger partial charge in [0.05, 0.1) is 6.61 Å². The molecule has 0 bridgehead atoms. The van der Waals surface area contributed by atoms with E-state index in [9.17, 15) is 0 Å². The summed E-state index contributed by atoms with van der Waals surface area (Å²) in [5, 5.41) is 3.50. The van der Waals surface area contributed by atoms with Crippen LogP contribution in [0.25, 0.3) is 0 Å². The minimum atomic E-state index is 0.578. The molecule has 1 N–H and O–H groups in total. The third-order valence-electron chi connectivity index (χ3n) is 3.71. The van der Waals surface area contributed by atoms with Crippen LogP contribution in [-0.2, 0) is 6.54 Å². The van der Waals surface area contributed by atoms with Crippen LogP contribution in [0.5, 0.6) is 5.75 Å². The Morgan fingerprint density at radius 1 is 1.00 bits per heavy atom. The summed E-state index contributed by atoms with van der Waals surface area (Å²) in [6.07, 6.45) is 7.59. The standard InChI is InChI=1S/C18H31NO/c1-4-6-7-8-9-14-20-18-12-10-17(11-13-18)15-19-16(3)5-2/h10-13,16,19H,4-9,14-15H2,1-3H3. The quantitative estimate of drug-likeness (QED) is 0.579. The van der Waals surface area contributed by atoms with E-state index in [2.05, 4.69) is 50.4 Å². The Kier molecular flexibility index (Phi) is 9.14. The molecule has 1 unspecified atom stereocenters. The van der Waals surface area contributed by atoms with Crippen LogP contribution in [0.4, 0.5) is 0 Å². The molecule has 1 aromatic rings. The zero-order chi connectivity index (χ0) is 14.6. The van der Waals surface area contributed by atoms with Gasteiger partial charge in [0.2, 0.25) is 0 Å². The molecule has 1 atom stereocenters. The van der Waals surface area contributed by atoms with Crippen molar-refractivity contribution in [2.24, 2.45) is 0 Å². The van der Waals surface area contributed by atoms with E-state index >= 15 is 0 Å². The Morgan fingerprint density at radius 2 is 1.70 bits per heavy atom. The zero-order valence-corrected chi connectivity index (χ0v) is 13.5. The maximum atomic E-state index is 5.77. The molecule has 0 heterocycles. The number of hydrogen-bond acceptors (Lipinski definition) is 2. The highest BCUT2D eigenvalue weighted by molar-refractivity contribution is 5.27. The maximum Gasteiger partial charge on any atom is 0.119 e. The number of ether oxygens (including phenoxy) is 1. The summed E-state index contributed by atoms with van der Waals surface area (Å²) in [6, 6.07) is 9.05. The molecule has 0 radical (unpaired) electrons. The maximum absolute atomic E-state index is 5.77. The summed E-state index contributed by atoms with van der Waals surface area (Å²) < 4.78 is 5.77. The first-order valence-electron chi connectivity index (χ1n) is 8.21. The second kappa shape index (κ2) is 10.7. The molecule has 0 saturated heterocycles. The van der Waals surface area contributed by atoms with Crippen molar-refractivity contribution < 1.29 is 4.74 Å².